The fourth-order valence-electron chi connectivity index (χ4n) is 0.969. The van der Waals surface area contributed by atoms with Crippen LogP contribution >= 0.6 is 0 Å². The summed E-state index contributed by atoms with van der Waals surface area (Å²) in [6, 6.07) is 5.65. The van der Waals surface area contributed by atoms with Gasteiger partial charge in [-0.3, -0.25) is 4.98 Å². The van der Waals surface area contributed by atoms with Gasteiger partial charge in [-0.05, 0) is 22.6 Å². The molecular formula is C7H8N6. The highest BCUT2D eigenvalue weighted by Gasteiger charge is 2.01. The van der Waals surface area contributed by atoms with Gasteiger partial charge in [0, 0.05) is 6.20 Å². The summed E-state index contributed by atoms with van der Waals surface area (Å²) < 4.78 is 1.49. The van der Waals surface area contributed by atoms with Crippen molar-refractivity contribution >= 4 is 5.95 Å². The number of tetrazole rings is 1. The molecule has 13 heavy (non-hydrogen) atoms. The van der Waals surface area contributed by atoms with E-state index in [9.17, 15) is 0 Å². The van der Waals surface area contributed by atoms with Gasteiger partial charge in [-0.2, -0.15) is 0 Å². The molecule has 66 valence electrons. The number of pyridine rings is 1. The zero-order valence-corrected chi connectivity index (χ0v) is 6.83. The molecule has 0 amide bonds. The van der Waals surface area contributed by atoms with Gasteiger partial charge in [-0.15, -0.1) is 0 Å². The predicted octanol–water partition coefficient (Wildman–Crippen LogP) is -0.301. The highest BCUT2D eigenvalue weighted by atomic mass is 15.6. The quantitative estimate of drug-likeness (QED) is 0.679. The fraction of sp³-hybridized carbons (Fsp3) is 0.143. The molecule has 2 aromatic rings. The molecule has 0 aliphatic carbocycles. The summed E-state index contributed by atoms with van der Waals surface area (Å²) in [5, 5.41) is 10.7. The Bertz CT molecular complexity index is 381. The highest BCUT2D eigenvalue weighted by Crippen LogP contribution is 1.99. The van der Waals surface area contributed by atoms with Crippen molar-refractivity contribution in [3.8, 4) is 0 Å². The first-order valence-electron chi connectivity index (χ1n) is 3.78. The summed E-state index contributed by atoms with van der Waals surface area (Å²) in [6.07, 6.45) is 1.72. The minimum atomic E-state index is 0.297. The molecule has 2 N–H and O–H groups in total. The van der Waals surface area contributed by atoms with Crippen molar-refractivity contribution in [3.05, 3.63) is 30.1 Å². The van der Waals surface area contributed by atoms with Gasteiger partial charge in [0.15, 0.2) is 0 Å². The van der Waals surface area contributed by atoms with Crippen LogP contribution in [-0.2, 0) is 6.54 Å². The molecule has 6 heteroatoms. The molecule has 0 aromatic carbocycles. The highest BCUT2D eigenvalue weighted by molar-refractivity contribution is 5.13. The summed E-state index contributed by atoms with van der Waals surface area (Å²) in [7, 11) is 0. The van der Waals surface area contributed by atoms with Crippen molar-refractivity contribution in [1.82, 2.24) is 25.2 Å². The number of anilines is 1. The topological polar surface area (TPSA) is 82.5 Å². The monoisotopic (exact) mass is 176 g/mol. The largest absolute Gasteiger partial charge is 0.367 e. The zero-order chi connectivity index (χ0) is 9.10. The molecule has 0 aliphatic heterocycles. The van der Waals surface area contributed by atoms with Crippen LogP contribution in [0.3, 0.4) is 0 Å². The molecule has 0 saturated carbocycles. The van der Waals surface area contributed by atoms with Gasteiger partial charge in [-0.1, -0.05) is 11.2 Å². The second-order valence-electron chi connectivity index (χ2n) is 2.52. The number of hydrogen-bond acceptors (Lipinski definition) is 5. The second kappa shape index (κ2) is 3.18. The normalized spacial score (nSPS) is 10.2. The first kappa shape index (κ1) is 7.66. The molecule has 0 unspecified atom stereocenters. The number of nitrogens with zero attached hydrogens (tertiary/aromatic N) is 5. The van der Waals surface area contributed by atoms with Crippen LogP contribution in [0.25, 0.3) is 0 Å². The molecule has 2 aromatic heterocycles. The smallest absolute Gasteiger partial charge is 0.240 e. The Morgan fingerprint density at radius 3 is 2.92 bits per heavy atom. The molecule has 6 nitrogen and oxygen atoms in total. The standard InChI is InChI=1S/C7H8N6/c8-7-10-11-12-13(7)5-6-3-1-2-4-9-6/h1-4H,5H2,(H2,8,10,12). The number of rotatable bonds is 2. The van der Waals surface area contributed by atoms with Crippen LogP contribution in [-0.4, -0.2) is 25.2 Å². The molecule has 0 aliphatic rings. The number of nitrogens with two attached hydrogens (primary N) is 1. The van der Waals surface area contributed by atoms with Crippen LogP contribution in [0.15, 0.2) is 24.4 Å². The lowest BCUT2D eigenvalue weighted by Gasteiger charge is -1.99. The van der Waals surface area contributed by atoms with Crippen LogP contribution < -0.4 is 5.73 Å². The van der Waals surface area contributed by atoms with Crippen LogP contribution in [0.5, 0.6) is 0 Å². The van der Waals surface area contributed by atoms with Gasteiger partial charge in [0.1, 0.15) is 0 Å². The third-order valence-corrected chi connectivity index (χ3v) is 1.60. The fourth-order valence-corrected chi connectivity index (χ4v) is 0.969. The third-order valence-electron chi connectivity index (χ3n) is 1.60. The van der Waals surface area contributed by atoms with Crippen LogP contribution in [0.2, 0.25) is 0 Å². The third kappa shape index (κ3) is 1.61. The van der Waals surface area contributed by atoms with E-state index >= 15 is 0 Å². The lowest BCUT2D eigenvalue weighted by Crippen LogP contribution is -2.07. The van der Waals surface area contributed by atoms with Crippen LogP contribution in [0.4, 0.5) is 5.95 Å². The summed E-state index contributed by atoms with van der Waals surface area (Å²) in [5.41, 5.74) is 6.36. The molecule has 0 bridgehead atoms. The Labute approximate surface area is 74.4 Å². The SMILES string of the molecule is Nc1nnnn1Cc1ccccn1. The van der Waals surface area contributed by atoms with E-state index in [2.05, 4.69) is 20.5 Å². The van der Waals surface area contributed by atoms with Crippen LogP contribution in [0, 0.1) is 0 Å². The minimum absolute atomic E-state index is 0.297. The van der Waals surface area contributed by atoms with Crippen molar-refractivity contribution in [2.24, 2.45) is 0 Å². The number of hydrogen-bond donors (Lipinski definition) is 1. The molecule has 0 atom stereocenters. The first-order valence-corrected chi connectivity index (χ1v) is 3.78. The van der Waals surface area contributed by atoms with E-state index in [1.165, 1.54) is 4.68 Å². The average Bonchev–Trinajstić information content (AvgIpc) is 2.54. The first-order chi connectivity index (χ1) is 6.36. The Morgan fingerprint density at radius 2 is 2.31 bits per heavy atom. The Balaban J connectivity index is 2.20. The van der Waals surface area contributed by atoms with Gasteiger partial charge in [0.2, 0.25) is 5.95 Å². The van der Waals surface area contributed by atoms with Gasteiger partial charge >= 0.3 is 0 Å². The molecule has 0 fully saturated rings. The maximum Gasteiger partial charge on any atom is 0.240 e. The summed E-state index contributed by atoms with van der Waals surface area (Å²) in [4.78, 5) is 4.12. The van der Waals surface area contributed by atoms with E-state index in [0.29, 0.717) is 12.5 Å². The summed E-state index contributed by atoms with van der Waals surface area (Å²) in [5.74, 6) is 0.297. The van der Waals surface area contributed by atoms with E-state index in [1.54, 1.807) is 6.20 Å². The van der Waals surface area contributed by atoms with Crippen LogP contribution in [0.1, 0.15) is 5.69 Å². The summed E-state index contributed by atoms with van der Waals surface area (Å²) in [6.45, 7) is 0.500. The van der Waals surface area contributed by atoms with Crippen molar-refractivity contribution in [2.75, 3.05) is 5.73 Å². The average molecular weight is 176 g/mol. The lowest BCUT2D eigenvalue weighted by molar-refractivity contribution is 0.644. The van der Waals surface area contributed by atoms with Crippen molar-refractivity contribution in [2.45, 2.75) is 6.54 Å². The molecule has 0 saturated heterocycles. The van der Waals surface area contributed by atoms with E-state index in [-0.39, 0.29) is 0 Å². The molecule has 2 heterocycles. The molecule has 0 radical (unpaired) electrons. The predicted molar refractivity (Wildman–Crippen MR) is 45.6 cm³/mol. The Morgan fingerprint density at radius 1 is 1.38 bits per heavy atom. The summed E-state index contributed by atoms with van der Waals surface area (Å²) >= 11 is 0. The van der Waals surface area contributed by atoms with Crippen molar-refractivity contribution in [1.29, 1.82) is 0 Å². The van der Waals surface area contributed by atoms with E-state index in [0.717, 1.165) is 5.69 Å². The number of aromatic nitrogens is 5. The van der Waals surface area contributed by atoms with Crippen molar-refractivity contribution in [3.63, 3.8) is 0 Å². The maximum atomic E-state index is 5.49. The van der Waals surface area contributed by atoms with E-state index < -0.39 is 0 Å². The number of nitrogen functional groups attached to an aromatic ring is 1. The van der Waals surface area contributed by atoms with Gasteiger partial charge in [0.25, 0.3) is 0 Å². The zero-order valence-electron chi connectivity index (χ0n) is 6.83. The Kier molecular flexibility index (Phi) is 1.87. The van der Waals surface area contributed by atoms with Gasteiger partial charge in [0.05, 0.1) is 12.2 Å². The van der Waals surface area contributed by atoms with Gasteiger partial charge < -0.3 is 5.73 Å². The van der Waals surface area contributed by atoms with Crippen molar-refractivity contribution < 1.29 is 0 Å². The molecular weight excluding hydrogens is 168 g/mol. The van der Waals surface area contributed by atoms with Gasteiger partial charge in [-0.25, -0.2) is 4.68 Å². The Hall–Kier alpha value is -1.98. The van der Waals surface area contributed by atoms with E-state index in [1.807, 2.05) is 18.2 Å². The van der Waals surface area contributed by atoms with E-state index in [4.69, 9.17) is 5.73 Å². The lowest BCUT2D eigenvalue weighted by atomic mass is 10.3. The molecule has 2 rings (SSSR count). The maximum absolute atomic E-state index is 5.49. The molecule has 0 spiro atoms. The minimum Gasteiger partial charge on any atom is -0.367 e. The second-order valence-corrected chi connectivity index (χ2v) is 2.52.